The summed E-state index contributed by atoms with van der Waals surface area (Å²) in [6, 6.07) is 7.72. The van der Waals surface area contributed by atoms with Gasteiger partial charge in [-0.05, 0) is 24.6 Å². The molecular formula is C14H18ClN3OS. The Hall–Kier alpha value is -1.04. The summed E-state index contributed by atoms with van der Waals surface area (Å²) in [5.74, 6) is 2.17. The van der Waals surface area contributed by atoms with Crippen molar-refractivity contribution in [3.8, 4) is 0 Å². The number of nitrogens with two attached hydrogens (primary N) is 1. The van der Waals surface area contributed by atoms with Crippen LogP contribution in [0.25, 0.3) is 0 Å². The lowest BCUT2D eigenvalue weighted by molar-refractivity contribution is 0.344. The lowest BCUT2D eigenvalue weighted by Crippen LogP contribution is -2.12. The van der Waals surface area contributed by atoms with Gasteiger partial charge in [-0.15, -0.1) is 11.8 Å². The molecule has 4 nitrogen and oxygen atoms in total. The van der Waals surface area contributed by atoms with Gasteiger partial charge in [-0.25, -0.2) is 0 Å². The van der Waals surface area contributed by atoms with Crippen LogP contribution in [0.1, 0.15) is 37.4 Å². The van der Waals surface area contributed by atoms with Crippen LogP contribution < -0.4 is 5.73 Å². The van der Waals surface area contributed by atoms with E-state index in [1.807, 2.05) is 24.3 Å². The van der Waals surface area contributed by atoms with E-state index >= 15 is 0 Å². The Labute approximate surface area is 128 Å². The maximum absolute atomic E-state index is 5.95. The smallest absolute Gasteiger partial charge is 0.231 e. The second kappa shape index (κ2) is 7.67. The Morgan fingerprint density at radius 2 is 2.30 bits per heavy atom. The van der Waals surface area contributed by atoms with Crippen molar-refractivity contribution in [2.45, 2.75) is 36.3 Å². The molecule has 0 saturated carbocycles. The molecule has 0 bridgehead atoms. The van der Waals surface area contributed by atoms with Crippen LogP contribution in [0.15, 0.2) is 33.7 Å². The molecule has 0 aliphatic carbocycles. The highest BCUT2D eigenvalue weighted by Crippen LogP contribution is 2.25. The highest BCUT2D eigenvalue weighted by Gasteiger charge is 2.16. The molecule has 20 heavy (non-hydrogen) atoms. The van der Waals surface area contributed by atoms with Crippen molar-refractivity contribution in [1.82, 2.24) is 10.1 Å². The fourth-order valence-corrected chi connectivity index (χ4v) is 2.94. The molecule has 0 fully saturated rings. The largest absolute Gasteiger partial charge is 0.339 e. The van der Waals surface area contributed by atoms with Crippen LogP contribution in [-0.4, -0.2) is 16.7 Å². The van der Waals surface area contributed by atoms with Crippen LogP contribution in [0, 0.1) is 0 Å². The average molecular weight is 312 g/mol. The summed E-state index contributed by atoms with van der Waals surface area (Å²) in [6.07, 6.45) is 2.02. The van der Waals surface area contributed by atoms with Gasteiger partial charge in [-0.2, -0.15) is 4.98 Å². The first kappa shape index (κ1) is 15.4. The summed E-state index contributed by atoms with van der Waals surface area (Å²) < 4.78 is 5.30. The molecule has 0 aliphatic rings. The predicted molar refractivity (Wildman–Crippen MR) is 82.0 cm³/mol. The summed E-state index contributed by atoms with van der Waals surface area (Å²) >= 11 is 7.58. The van der Waals surface area contributed by atoms with Gasteiger partial charge in [0, 0.05) is 16.5 Å². The monoisotopic (exact) mass is 311 g/mol. The Bertz CT molecular complexity index is 547. The van der Waals surface area contributed by atoms with E-state index in [0.29, 0.717) is 24.0 Å². The predicted octanol–water partition coefficient (Wildman–Crippen LogP) is 3.86. The van der Waals surface area contributed by atoms with Crippen molar-refractivity contribution >= 4 is 23.4 Å². The maximum atomic E-state index is 5.95. The zero-order valence-electron chi connectivity index (χ0n) is 11.4. The number of benzene rings is 1. The van der Waals surface area contributed by atoms with Gasteiger partial charge in [0.1, 0.15) is 0 Å². The van der Waals surface area contributed by atoms with E-state index in [2.05, 4.69) is 17.1 Å². The Morgan fingerprint density at radius 1 is 1.45 bits per heavy atom. The first-order chi connectivity index (χ1) is 9.72. The average Bonchev–Trinajstić information content (AvgIpc) is 2.91. The number of nitrogens with zero attached hydrogens (tertiary/aromatic N) is 2. The lowest BCUT2D eigenvalue weighted by atomic mass is 10.0. The van der Waals surface area contributed by atoms with Crippen molar-refractivity contribution in [2.75, 3.05) is 6.54 Å². The number of hydrogen-bond acceptors (Lipinski definition) is 5. The van der Waals surface area contributed by atoms with Crippen LogP contribution in [0.2, 0.25) is 5.02 Å². The van der Waals surface area contributed by atoms with Crippen molar-refractivity contribution < 1.29 is 4.52 Å². The van der Waals surface area contributed by atoms with E-state index in [1.165, 1.54) is 0 Å². The summed E-state index contributed by atoms with van der Waals surface area (Å²) in [5.41, 5.74) is 5.73. The molecule has 1 unspecified atom stereocenters. The van der Waals surface area contributed by atoms with Crippen LogP contribution >= 0.6 is 23.4 Å². The third-order valence-corrected chi connectivity index (χ3v) is 4.14. The summed E-state index contributed by atoms with van der Waals surface area (Å²) in [7, 11) is 0. The molecule has 1 heterocycles. The fourth-order valence-electron chi connectivity index (χ4n) is 1.89. The van der Waals surface area contributed by atoms with E-state index in [-0.39, 0.29) is 5.92 Å². The summed E-state index contributed by atoms with van der Waals surface area (Å²) in [6.45, 7) is 2.66. The molecule has 2 N–H and O–H groups in total. The van der Waals surface area contributed by atoms with Crippen molar-refractivity contribution in [3.05, 3.63) is 41.0 Å². The van der Waals surface area contributed by atoms with Gasteiger partial charge in [0.25, 0.3) is 0 Å². The third-order valence-electron chi connectivity index (χ3n) is 2.92. The number of thioether (sulfide) groups is 1. The minimum Gasteiger partial charge on any atom is -0.339 e. The first-order valence-corrected chi connectivity index (χ1v) is 8.00. The molecule has 2 aromatic rings. The third kappa shape index (κ3) is 4.23. The summed E-state index contributed by atoms with van der Waals surface area (Å²) in [4.78, 5) is 5.52. The van der Waals surface area contributed by atoms with E-state index in [0.717, 1.165) is 22.8 Å². The minimum atomic E-state index is 0.164. The van der Waals surface area contributed by atoms with Gasteiger partial charge < -0.3 is 10.3 Å². The molecule has 2 rings (SSSR count). The van der Waals surface area contributed by atoms with Crippen LogP contribution in [0.5, 0.6) is 0 Å². The van der Waals surface area contributed by atoms with Crippen LogP contribution in [0.3, 0.4) is 0 Å². The highest BCUT2D eigenvalue weighted by atomic mass is 35.5. The molecule has 1 aromatic heterocycles. The van der Waals surface area contributed by atoms with Gasteiger partial charge in [0.15, 0.2) is 5.82 Å². The van der Waals surface area contributed by atoms with Crippen LogP contribution in [-0.2, 0) is 5.75 Å². The quantitative estimate of drug-likeness (QED) is 0.787. The Balaban J connectivity index is 1.95. The molecule has 0 radical (unpaired) electrons. The Morgan fingerprint density at radius 3 is 3.00 bits per heavy atom. The van der Waals surface area contributed by atoms with Crippen molar-refractivity contribution in [2.24, 2.45) is 5.73 Å². The van der Waals surface area contributed by atoms with E-state index in [9.17, 15) is 0 Å². The van der Waals surface area contributed by atoms with Gasteiger partial charge in [0.2, 0.25) is 5.89 Å². The van der Waals surface area contributed by atoms with Crippen LogP contribution in [0.4, 0.5) is 0 Å². The number of hydrogen-bond donors (Lipinski definition) is 1. The molecule has 1 atom stereocenters. The van der Waals surface area contributed by atoms with E-state index in [4.69, 9.17) is 21.9 Å². The maximum Gasteiger partial charge on any atom is 0.231 e. The number of halogens is 1. The topological polar surface area (TPSA) is 64.9 Å². The standard InChI is InChI=1S/C14H18ClN3OS/c1-2-4-10(8-16)14-17-13(18-19-14)9-20-12-6-3-5-11(15)7-12/h3,5-7,10H,2,4,8-9,16H2,1H3. The zero-order chi connectivity index (χ0) is 14.4. The molecule has 108 valence electrons. The van der Waals surface area contributed by atoms with Gasteiger partial charge in [0.05, 0.1) is 11.7 Å². The SMILES string of the molecule is CCCC(CN)c1nc(CSc2cccc(Cl)c2)no1. The first-order valence-electron chi connectivity index (χ1n) is 6.63. The molecule has 6 heteroatoms. The van der Waals surface area contributed by atoms with Crippen molar-refractivity contribution in [1.29, 1.82) is 0 Å². The Kier molecular flexibility index (Phi) is 5.88. The van der Waals surface area contributed by atoms with Gasteiger partial charge >= 0.3 is 0 Å². The molecule has 0 amide bonds. The fraction of sp³-hybridized carbons (Fsp3) is 0.429. The molecule has 0 saturated heterocycles. The second-order valence-electron chi connectivity index (χ2n) is 4.52. The highest BCUT2D eigenvalue weighted by molar-refractivity contribution is 7.98. The van der Waals surface area contributed by atoms with Gasteiger partial charge in [-0.1, -0.05) is 36.2 Å². The molecule has 0 aliphatic heterocycles. The lowest BCUT2D eigenvalue weighted by Gasteiger charge is -2.06. The van der Waals surface area contributed by atoms with Gasteiger partial charge in [-0.3, -0.25) is 0 Å². The number of rotatable bonds is 7. The van der Waals surface area contributed by atoms with E-state index < -0.39 is 0 Å². The molecule has 1 aromatic carbocycles. The minimum absolute atomic E-state index is 0.164. The number of aromatic nitrogens is 2. The normalized spacial score (nSPS) is 12.6. The zero-order valence-corrected chi connectivity index (χ0v) is 13.0. The summed E-state index contributed by atoms with van der Waals surface area (Å²) in [5, 5.41) is 4.74. The van der Waals surface area contributed by atoms with E-state index in [1.54, 1.807) is 11.8 Å². The molecular weight excluding hydrogens is 294 g/mol. The second-order valence-corrected chi connectivity index (χ2v) is 6.00. The molecule has 0 spiro atoms. The van der Waals surface area contributed by atoms with Crippen molar-refractivity contribution in [3.63, 3.8) is 0 Å².